The Morgan fingerprint density at radius 2 is 1.78 bits per heavy atom. The van der Waals surface area contributed by atoms with Gasteiger partial charge in [0.1, 0.15) is 5.82 Å². The highest BCUT2D eigenvalue weighted by Gasteiger charge is 2.33. The van der Waals surface area contributed by atoms with Crippen LogP contribution in [0.2, 0.25) is 0 Å². The topological polar surface area (TPSA) is 48.3 Å². The Labute approximate surface area is 166 Å². The number of benzene rings is 2. The summed E-state index contributed by atoms with van der Waals surface area (Å²) < 4.78 is 18.9. The van der Waals surface area contributed by atoms with Crippen LogP contribution in [-0.4, -0.2) is 43.8 Å². The minimum Gasteiger partial charge on any atom is -0.383 e. The molecular formula is C21H25ClFN3O. The fourth-order valence-electron chi connectivity index (χ4n) is 3.61. The lowest BCUT2D eigenvalue weighted by Gasteiger charge is -2.44. The van der Waals surface area contributed by atoms with Gasteiger partial charge < -0.3 is 10.1 Å². The lowest BCUT2D eigenvalue weighted by Crippen LogP contribution is -2.58. The Bertz CT molecular complexity index is 760. The molecule has 1 aliphatic heterocycles. The average Bonchev–Trinajstić information content (AvgIpc) is 2.66. The highest BCUT2D eigenvalue weighted by Crippen LogP contribution is 2.32. The zero-order valence-corrected chi connectivity index (χ0v) is 16.4. The first-order valence-electron chi connectivity index (χ1n) is 8.86. The Hall–Kier alpha value is -1.97. The van der Waals surface area contributed by atoms with Crippen molar-refractivity contribution < 1.29 is 9.13 Å². The zero-order chi connectivity index (χ0) is 18.5. The van der Waals surface area contributed by atoms with Gasteiger partial charge in [-0.05, 0) is 42.3 Å². The normalized spacial score (nSPS) is 21.1. The van der Waals surface area contributed by atoms with Crippen LogP contribution >= 0.6 is 12.4 Å². The van der Waals surface area contributed by atoms with E-state index in [0.717, 1.165) is 24.2 Å². The number of hydrogen-bond donors (Lipinski definition) is 1. The molecule has 144 valence electrons. The van der Waals surface area contributed by atoms with E-state index >= 15 is 0 Å². The van der Waals surface area contributed by atoms with Crippen LogP contribution < -0.4 is 5.32 Å². The Kier molecular flexibility index (Phi) is 7.76. The molecule has 3 atom stereocenters. The summed E-state index contributed by atoms with van der Waals surface area (Å²) in [5, 5.41) is 12.6. The number of hydrogen-bond acceptors (Lipinski definition) is 4. The molecule has 0 amide bonds. The third-order valence-electron chi connectivity index (χ3n) is 4.89. The van der Waals surface area contributed by atoms with E-state index in [1.165, 1.54) is 12.1 Å². The standard InChI is InChI=1S/C21H24FN3O.ClH/c1-15-13-25(20(12-24-15)14-26-2)21(18-7-9-19(22)10-8-18)17-5-3-16(11-23)4-6-17;/h3-10,15,20-21,24H,12-14H2,1-2H3;1H/t15-,20-,21?;/m0./s1. The number of nitrogens with one attached hydrogen (secondary N) is 1. The van der Waals surface area contributed by atoms with Crippen LogP contribution in [0.1, 0.15) is 29.7 Å². The number of rotatable bonds is 5. The summed E-state index contributed by atoms with van der Waals surface area (Å²) in [6, 6.07) is 17.0. The van der Waals surface area contributed by atoms with E-state index in [2.05, 4.69) is 23.2 Å². The first-order valence-corrected chi connectivity index (χ1v) is 8.86. The molecule has 3 rings (SSSR count). The lowest BCUT2D eigenvalue weighted by atomic mass is 9.93. The quantitative estimate of drug-likeness (QED) is 0.850. The first-order chi connectivity index (χ1) is 12.6. The smallest absolute Gasteiger partial charge is 0.123 e. The summed E-state index contributed by atoms with van der Waals surface area (Å²) in [4.78, 5) is 2.42. The fraction of sp³-hybridized carbons (Fsp3) is 0.381. The van der Waals surface area contributed by atoms with Crippen LogP contribution in [0.4, 0.5) is 4.39 Å². The molecule has 0 saturated carbocycles. The molecule has 1 saturated heterocycles. The molecule has 6 heteroatoms. The third kappa shape index (κ3) is 5.06. The van der Waals surface area contributed by atoms with Gasteiger partial charge in [-0.15, -0.1) is 12.4 Å². The first kappa shape index (κ1) is 21.3. The minimum atomic E-state index is -0.241. The van der Waals surface area contributed by atoms with Gasteiger partial charge >= 0.3 is 0 Å². The van der Waals surface area contributed by atoms with Crippen molar-refractivity contribution in [2.45, 2.75) is 25.0 Å². The van der Waals surface area contributed by atoms with Crippen molar-refractivity contribution in [2.75, 3.05) is 26.8 Å². The van der Waals surface area contributed by atoms with E-state index in [1.807, 2.05) is 36.4 Å². The second-order valence-electron chi connectivity index (χ2n) is 6.80. The molecule has 2 aromatic rings. The van der Waals surface area contributed by atoms with Crippen molar-refractivity contribution in [2.24, 2.45) is 0 Å². The molecule has 4 nitrogen and oxygen atoms in total. The van der Waals surface area contributed by atoms with Crippen molar-refractivity contribution in [3.8, 4) is 6.07 Å². The second-order valence-corrected chi connectivity index (χ2v) is 6.80. The average molecular weight is 390 g/mol. The van der Waals surface area contributed by atoms with E-state index in [1.54, 1.807) is 7.11 Å². The van der Waals surface area contributed by atoms with Crippen LogP contribution in [0.15, 0.2) is 48.5 Å². The summed E-state index contributed by atoms with van der Waals surface area (Å²) in [7, 11) is 1.71. The van der Waals surface area contributed by atoms with E-state index in [-0.39, 0.29) is 30.3 Å². The molecule has 1 fully saturated rings. The van der Waals surface area contributed by atoms with Crippen molar-refractivity contribution in [3.63, 3.8) is 0 Å². The van der Waals surface area contributed by atoms with E-state index < -0.39 is 0 Å². The zero-order valence-electron chi connectivity index (χ0n) is 15.6. The van der Waals surface area contributed by atoms with Crippen LogP contribution in [0.25, 0.3) is 0 Å². The number of halogens is 2. The van der Waals surface area contributed by atoms with E-state index in [4.69, 9.17) is 10.00 Å². The van der Waals surface area contributed by atoms with Gasteiger partial charge in [0.25, 0.3) is 0 Å². The summed E-state index contributed by atoms with van der Waals surface area (Å²) in [5.41, 5.74) is 2.76. The number of piperazine rings is 1. The number of nitrogens with zero attached hydrogens (tertiary/aromatic N) is 2. The van der Waals surface area contributed by atoms with Gasteiger partial charge in [-0.3, -0.25) is 4.90 Å². The lowest BCUT2D eigenvalue weighted by molar-refractivity contribution is 0.0417. The van der Waals surface area contributed by atoms with Crippen LogP contribution in [0.3, 0.4) is 0 Å². The van der Waals surface area contributed by atoms with Gasteiger partial charge in [-0.25, -0.2) is 4.39 Å². The van der Waals surface area contributed by atoms with Gasteiger partial charge in [0.15, 0.2) is 0 Å². The molecule has 27 heavy (non-hydrogen) atoms. The van der Waals surface area contributed by atoms with Gasteiger partial charge in [0, 0.05) is 32.3 Å². The van der Waals surface area contributed by atoms with Crippen molar-refractivity contribution >= 4 is 12.4 Å². The molecule has 0 aromatic heterocycles. The number of nitriles is 1. The predicted molar refractivity (Wildman–Crippen MR) is 106 cm³/mol. The molecule has 0 aliphatic carbocycles. The molecule has 1 unspecified atom stereocenters. The third-order valence-corrected chi connectivity index (χ3v) is 4.89. The summed E-state index contributed by atoms with van der Waals surface area (Å²) in [6.07, 6.45) is 0. The summed E-state index contributed by atoms with van der Waals surface area (Å²) >= 11 is 0. The van der Waals surface area contributed by atoms with Crippen LogP contribution in [-0.2, 0) is 4.74 Å². The highest BCUT2D eigenvalue weighted by molar-refractivity contribution is 5.85. The van der Waals surface area contributed by atoms with Crippen LogP contribution in [0.5, 0.6) is 0 Å². The van der Waals surface area contributed by atoms with Crippen LogP contribution in [0, 0.1) is 17.1 Å². The molecule has 0 bridgehead atoms. The number of ether oxygens (including phenoxy) is 1. The molecule has 1 N–H and O–H groups in total. The Balaban J connectivity index is 0.00000261. The van der Waals surface area contributed by atoms with Gasteiger partial charge in [0.2, 0.25) is 0 Å². The molecule has 1 aliphatic rings. The molecule has 2 aromatic carbocycles. The van der Waals surface area contributed by atoms with E-state index in [0.29, 0.717) is 18.2 Å². The monoisotopic (exact) mass is 389 g/mol. The second kappa shape index (κ2) is 9.82. The maximum Gasteiger partial charge on any atom is 0.123 e. The van der Waals surface area contributed by atoms with Crippen molar-refractivity contribution in [3.05, 3.63) is 71.0 Å². The minimum absolute atomic E-state index is 0. The van der Waals surface area contributed by atoms with E-state index in [9.17, 15) is 4.39 Å². The summed E-state index contributed by atoms with van der Waals surface area (Å²) in [6.45, 7) is 4.48. The Morgan fingerprint density at radius 3 is 2.33 bits per heavy atom. The predicted octanol–water partition coefficient (Wildman–Crippen LogP) is 3.52. The largest absolute Gasteiger partial charge is 0.383 e. The van der Waals surface area contributed by atoms with Gasteiger partial charge in [-0.2, -0.15) is 5.26 Å². The fourth-order valence-corrected chi connectivity index (χ4v) is 3.61. The molecule has 0 spiro atoms. The maximum absolute atomic E-state index is 13.5. The summed E-state index contributed by atoms with van der Waals surface area (Å²) in [5.74, 6) is -0.241. The molecule has 1 heterocycles. The highest BCUT2D eigenvalue weighted by atomic mass is 35.5. The van der Waals surface area contributed by atoms with Gasteiger partial charge in [-0.1, -0.05) is 24.3 Å². The van der Waals surface area contributed by atoms with Gasteiger partial charge in [0.05, 0.1) is 24.3 Å². The van der Waals surface area contributed by atoms with Crippen molar-refractivity contribution in [1.82, 2.24) is 10.2 Å². The Morgan fingerprint density at radius 1 is 1.19 bits per heavy atom. The SMILES string of the molecule is COC[C@@H]1CN[C@@H](C)CN1C(c1ccc(F)cc1)c1ccc(C#N)cc1.Cl. The molecule has 0 radical (unpaired) electrons. The van der Waals surface area contributed by atoms with Crippen molar-refractivity contribution in [1.29, 1.82) is 5.26 Å². The molecular weight excluding hydrogens is 365 g/mol. The maximum atomic E-state index is 13.5. The number of methoxy groups -OCH3 is 1.